The molecule has 1 N–H and O–H groups in total. The van der Waals surface area contributed by atoms with Crippen molar-refractivity contribution in [2.75, 3.05) is 26.2 Å². The van der Waals surface area contributed by atoms with Crippen molar-refractivity contribution in [3.63, 3.8) is 0 Å². The van der Waals surface area contributed by atoms with Crippen molar-refractivity contribution in [2.45, 2.75) is 69.9 Å². The molecule has 1 unspecified atom stereocenters. The normalized spacial score (nSPS) is 27.0. The summed E-state index contributed by atoms with van der Waals surface area (Å²) < 4.78 is 0. The van der Waals surface area contributed by atoms with Crippen LogP contribution in [0.4, 0.5) is 0 Å². The second-order valence-electron chi connectivity index (χ2n) is 6.99. The Labute approximate surface area is 133 Å². The molecule has 1 aliphatic carbocycles. The smallest absolute Gasteiger partial charge is 0.242 e. The van der Waals surface area contributed by atoms with Crippen molar-refractivity contribution < 1.29 is 9.59 Å². The van der Waals surface area contributed by atoms with Crippen LogP contribution in [0.5, 0.6) is 0 Å². The summed E-state index contributed by atoms with van der Waals surface area (Å²) in [5.41, 5.74) is 0. The average molecular weight is 307 g/mol. The summed E-state index contributed by atoms with van der Waals surface area (Å²) in [5.74, 6) is 0.253. The summed E-state index contributed by atoms with van der Waals surface area (Å²) in [5, 5.41) is 3.06. The van der Waals surface area contributed by atoms with E-state index < -0.39 is 0 Å². The molecule has 5 heteroatoms. The lowest BCUT2D eigenvalue weighted by Crippen LogP contribution is -2.49. The lowest BCUT2D eigenvalue weighted by Gasteiger charge is -2.30. The Hall–Kier alpha value is -1.10. The molecule has 0 aromatic rings. The molecule has 0 aromatic heterocycles. The van der Waals surface area contributed by atoms with Crippen LogP contribution in [0.1, 0.15) is 57.8 Å². The zero-order valence-electron chi connectivity index (χ0n) is 13.6. The molecule has 0 radical (unpaired) electrons. The van der Waals surface area contributed by atoms with Crippen LogP contribution in [0, 0.1) is 0 Å². The Morgan fingerprint density at radius 2 is 1.82 bits per heavy atom. The average Bonchev–Trinajstić information content (AvgIpc) is 3.24. The van der Waals surface area contributed by atoms with E-state index in [1.165, 1.54) is 38.8 Å². The van der Waals surface area contributed by atoms with Crippen LogP contribution in [0.2, 0.25) is 0 Å². The van der Waals surface area contributed by atoms with Crippen molar-refractivity contribution in [1.29, 1.82) is 0 Å². The third-order valence-electron chi connectivity index (χ3n) is 5.43. The zero-order valence-corrected chi connectivity index (χ0v) is 13.6. The van der Waals surface area contributed by atoms with E-state index >= 15 is 0 Å². The number of rotatable bonds is 6. The molecule has 0 spiro atoms. The maximum atomic E-state index is 12.4. The van der Waals surface area contributed by atoms with Gasteiger partial charge in [0.2, 0.25) is 11.8 Å². The summed E-state index contributed by atoms with van der Waals surface area (Å²) >= 11 is 0. The predicted molar refractivity (Wildman–Crippen MR) is 85.4 cm³/mol. The van der Waals surface area contributed by atoms with Crippen molar-refractivity contribution >= 4 is 11.8 Å². The predicted octanol–water partition coefficient (Wildman–Crippen LogP) is 1.52. The van der Waals surface area contributed by atoms with Gasteiger partial charge in [0.25, 0.3) is 0 Å². The highest BCUT2D eigenvalue weighted by atomic mass is 16.2. The molecule has 1 atom stereocenters. The second kappa shape index (κ2) is 7.44. The van der Waals surface area contributed by atoms with Gasteiger partial charge in [-0.1, -0.05) is 12.8 Å². The van der Waals surface area contributed by atoms with E-state index in [1.807, 2.05) is 4.90 Å². The molecule has 124 valence electrons. The fourth-order valence-electron chi connectivity index (χ4n) is 4.24. The van der Waals surface area contributed by atoms with Gasteiger partial charge in [0.05, 0.1) is 0 Å². The first-order valence-corrected chi connectivity index (χ1v) is 9.07. The van der Waals surface area contributed by atoms with Crippen LogP contribution in [0.15, 0.2) is 0 Å². The molecule has 2 saturated heterocycles. The lowest BCUT2D eigenvalue weighted by atomic mass is 10.1. The molecule has 5 nitrogen and oxygen atoms in total. The van der Waals surface area contributed by atoms with Gasteiger partial charge >= 0.3 is 0 Å². The number of likely N-dealkylation sites (tertiary alicyclic amines) is 2. The van der Waals surface area contributed by atoms with Gasteiger partial charge in [-0.05, 0) is 58.2 Å². The van der Waals surface area contributed by atoms with Gasteiger partial charge in [-0.15, -0.1) is 0 Å². The number of hydrogen-bond donors (Lipinski definition) is 1. The van der Waals surface area contributed by atoms with Gasteiger partial charge in [-0.25, -0.2) is 0 Å². The molecular formula is C17H29N3O2. The van der Waals surface area contributed by atoms with Gasteiger partial charge in [0.15, 0.2) is 0 Å². The number of carbonyl (C=O) groups is 2. The number of nitrogens with one attached hydrogen (secondary N) is 1. The fraction of sp³-hybridized carbons (Fsp3) is 0.882. The first-order chi connectivity index (χ1) is 10.8. The van der Waals surface area contributed by atoms with E-state index in [-0.39, 0.29) is 17.9 Å². The van der Waals surface area contributed by atoms with Crippen LogP contribution >= 0.6 is 0 Å². The number of hydrogen-bond acceptors (Lipinski definition) is 3. The first kappa shape index (κ1) is 15.8. The fourth-order valence-corrected chi connectivity index (χ4v) is 4.24. The van der Waals surface area contributed by atoms with Gasteiger partial charge in [-0.3, -0.25) is 9.59 Å². The summed E-state index contributed by atoms with van der Waals surface area (Å²) in [6, 6.07) is 0.109. The Morgan fingerprint density at radius 3 is 2.55 bits per heavy atom. The number of amides is 2. The van der Waals surface area contributed by atoms with Crippen molar-refractivity contribution in [3.05, 3.63) is 0 Å². The van der Waals surface area contributed by atoms with Crippen molar-refractivity contribution in [3.8, 4) is 0 Å². The minimum atomic E-state index is -0.206. The molecule has 0 aromatic carbocycles. The quantitative estimate of drug-likeness (QED) is 0.757. The van der Waals surface area contributed by atoms with E-state index in [0.29, 0.717) is 18.9 Å². The maximum absolute atomic E-state index is 12.4. The highest BCUT2D eigenvalue weighted by molar-refractivity contribution is 5.91. The van der Waals surface area contributed by atoms with Crippen molar-refractivity contribution in [1.82, 2.24) is 15.1 Å². The molecule has 2 amide bonds. The zero-order chi connectivity index (χ0) is 15.4. The molecule has 2 aliphatic heterocycles. The summed E-state index contributed by atoms with van der Waals surface area (Å²) in [6.07, 6.45) is 9.41. The SMILES string of the molecule is O=C(NCCCN1CCCC1)C1CCC(=O)N1C1CCCC1. The Balaban J connectivity index is 1.43. The summed E-state index contributed by atoms with van der Waals surface area (Å²) in [7, 11) is 0. The van der Waals surface area contributed by atoms with Gasteiger partial charge in [0.1, 0.15) is 6.04 Å². The van der Waals surface area contributed by atoms with E-state index in [9.17, 15) is 9.59 Å². The lowest BCUT2D eigenvalue weighted by molar-refractivity contribution is -0.137. The van der Waals surface area contributed by atoms with Crippen molar-refractivity contribution in [2.24, 2.45) is 0 Å². The summed E-state index contributed by atoms with van der Waals surface area (Å²) in [6.45, 7) is 4.23. The van der Waals surface area contributed by atoms with Gasteiger partial charge in [0, 0.05) is 19.0 Å². The minimum absolute atomic E-state index is 0.0687. The highest BCUT2D eigenvalue weighted by Crippen LogP contribution is 2.30. The van der Waals surface area contributed by atoms with Crippen LogP contribution < -0.4 is 5.32 Å². The minimum Gasteiger partial charge on any atom is -0.354 e. The van der Waals surface area contributed by atoms with Gasteiger partial charge in [-0.2, -0.15) is 0 Å². The first-order valence-electron chi connectivity index (χ1n) is 9.07. The maximum Gasteiger partial charge on any atom is 0.242 e. The Bertz CT molecular complexity index is 401. The number of carbonyl (C=O) groups excluding carboxylic acids is 2. The second-order valence-corrected chi connectivity index (χ2v) is 6.99. The van der Waals surface area contributed by atoms with Crippen LogP contribution in [0.25, 0.3) is 0 Å². The molecule has 3 rings (SSSR count). The van der Waals surface area contributed by atoms with E-state index in [4.69, 9.17) is 0 Å². The van der Waals surface area contributed by atoms with Crippen LogP contribution in [-0.2, 0) is 9.59 Å². The van der Waals surface area contributed by atoms with Gasteiger partial charge < -0.3 is 15.1 Å². The van der Waals surface area contributed by atoms with Crippen LogP contribution in [0.3, 0.4) is 0 Å². The molecule has 1 saturated carbocycles. The third-order valence-corrected chi connectivity index (χ3v) is 5.43. The van der Waals surface area contributed by atoms with E-state index in [1.54, 1.807) is 0 Å². The number of nitrogens with zero attached hydrogens (tertiary/aromatic N) is 2. The van der Waals surface area contributed by atoms with E-state index in [0.717, 1.165) is 32.4 Å². The molecule has 0 bridgehead atoms. The molecule has 3 fully saturated rings. The summed E-state index contributed by atoms with van der Waals surface area (Å²) in [4.78, 5) is 28.9. The topological polar surface area (TPSA) is 52.7 Å². The van der Waals surface area contributed by atoms with Crippen LogP contribution in [-0.4, -0.2) is 59.9 Å². The monoisotopic (exact) mass is 307 g/mol. The molecule has 3 aliphatic rings. The third kappa shape index (κ3) is 3.62. The highest BCUT2D eigenvalue weighted by Gasteiger charge is 2.40. The van der Waals surface area contributed by atoms with E-state index in [2.05, 4.69) is 10.2 Å². The Kier molecular flexibility index (Phi) is 5.34. The largest absolute Gasteiger partial charge is 0.354 e. The molecule has 2 heterocycles. The molecular weight excluding hydrogens is 278 g/mol. The Morgan fingerprint density at radius 1 is 1.09 bits per heavy atom. The molecule has 22 heavy (non-hydrogen) atoms. The standard InChI is InChI=1S/C17H29N3O2/c21-16-9-8-15(20(16)14-6-1-2-7-14)17(22)18-10-5-13-19-11-3-4-12-19/h14-15H,1-13H2,(H,18,22).